The molecular weight excluding hydrogens is 392 g/mol. The summed E-state index contributed by atoms with van der Waals surface area (Å²) in [6, 6.07) is 8.67. The third-order valence-corrected chi connectivity index (χ3v) is 6.24. The van der Waals surface area contributed by atoms with Gasteiger partial charge in [-0.2, -0.15) is 0 Å². The number of rotatable bonds is 3. The highest BCUT2D eigenvalue weighted by Crippen LogP contribution is 2.47. The van der Waals surface area contributed by atoms with E-state index < -0.39 is 23.7 Å². The summed E-state index contributed by atoms with van der Waals surface area (Å²) in [5, 5.41) is 0. The Kier molecular flexibility index (Phi) is 3.99. The van der Waals surface area contributed by atoms with Gasteiger partial charge < -0.3 is 13.9 Å². The molecule has 3 aromatic rings. The summed E-state index contributed by atoms with van der Waals surface area (Å²) in [5.74, 6) is -0.574. The van der Waals surface area contributed by atoms with Crippen LogP contribution in [0.2, 0.25) is 0 Å². The van der Waals surface area contributed by atoms with Crippen LogP contribution in [0.5, 0.6) is 5.75 Å². The van der Waals surface area contributed by atoms with Gasteiger partial charge in [-0.3, -0.25) is 14.2 Å². The van der Waals surface area contributed by atoms with Gasteiger partial charge in [-0.1, -0.05) is 29.5 Å². The number of carbonyl (C=O) groups excluding carboxylic acids is 1. The van der Waals surface area contributed by atoms with Gasteiger partial charge in [-0.05, 0) is 32.1 Å². The molecule has 2 aromatic heterocycles. The molecule has 1 aromatic carbocycles. The highest BCUT2D eigenvalue weighted by molar-refractivity contribution is 7.07. The van der Waals surface area contributed by atoms with Crippen LogP contribution in [-0.2, 0) is 9.53 Å². The molecule has 2 bridgehead atoms. The number of aromatic nitrogens is 1. The van der Waals surface area contributed by atoms with E-state index in [-0.39, 0.29) is 12.2 Å². The average Bonchev–Trinajstić information content (AvgIpc) is 3.29. The minimum absolute atomic E-state index is 0.201. The lowest BCUT2D eigenvalue weighted by Gasteiger charge is -2.44. The van der Waals surface area contributed by atoms with Crippen LogP contribution in [0.15, 0.2) is 57.1 Å². The Morgan fingerprint density at radius 1 is 1.38 bits per heavy atom. The number of ether oxygens (including phenoxy) is 2. The lowest BCUT2D eigenvalue weighted by atomic mass is 9.81. The summed E-state index contributed by atoms with van der Waals surface area (Å²) in [6.45, 7) is 3.76. The molecule has 2 aliphatic heterocycles. The van der Waals surface area contributed by atoms with Gasteiger partial charge in [0, 0.05) is 11.1 Å². The van der Waals surface area contributed by atoms with Gasteiger partial charge in [0.05, 0.1) is 29.7 Å². The van der Waals surface area contributed by atoms with E-state index in [0.29, 0.717) is 15.1 Å². The maximum atomic E-state index is 13.3. The van der Waals surface area contributed by atoms with Crippen LogP contribution in [0.1, 0.15) is 31.0 Å². The number of benzene rings is 1. The maximum Gasteiger partial charge on any atom is 0.317 e. The van der Waals surface area contributed by atoms with E-state index >= 15 is 0 Å². The number of fused-ring (bicyclic) bond motifs is 6. The second kappa shape index (κ2) is 6.45. The number of thiazole rings is 1. The van der Waals surface area contributed by atoms with Crippen LogP contribution in [0.3, 0.4) is 0 Å². The number of furan rings is 1. The van der Waals surface area contributed by atoms with Crippen molar-refractivity contribution < 1.29 is 18.7 Å². The molecule has 2 aliphatic rings. The van der Waals surface area contributed by atoms with E-state index in [1.165, 1.54) is 11.3 Å². The zero-order valence-electron chi connectivity index (χ0n) is 15.8. The van der Waals surface area contributed by atoms with Crippen molar-refractivity contribution in [3.8, 4) is 5.75 Å². The van der Waals surface area contributed by atoms with Crippen molar-refractivity contribution in [2.75, 3.05) is 6.61 Å². The molecule has 5 rings (SSSR count). The molecule has 0 radical (unpaired) electrons. The summed E-state index contributed by atoms with van der Waals surface area (Å²) in [5.41, 5.74) is 0.200. The lowest BCUT2D eigenvalue weighted by molar-refractivity contribution is -0.160. The largest absolute Gasteiger partial charge is 0.472 e. The summed E-state index contributed by atoms with van der Waals surface area (Å²) in [6.07, 6.45) is 4.88. The maximum absolute atomic E-state index is 13.3. The fourth-order valence-corrected chi connectivity index (χ4v) is 5.14. The van der Waals surface area contributed by atoms with Crippen molar-refractivity contribution in [1.29, 1.82) is 0 Å². The van der Waals surface area contributed by atoms with Crippen LogP contribution in [0.25, 0.3) is 6.08 Å². The van der Waals surface area contributed by atoms with E-state index in [9.17, 15) is 9.59 Å². The summed E-state index contributed by atoms with van der Waals surface area (Å²) < 4.78 is 18.7. The number of nitrogens with zero attached hydrogens (tertiary/aromatic N) is 2. The van der Waals surface area contributed by atoms with Gasteiger partial charge in [0.2, 0.25) is 5.72 Å². The molecule has 0 N–H and O–H groups in total. The van der Waals surface area contributed by atoms with Crippen molar-refractivity contribution in [2.45, 2.75) is 25.6 Å². The standard InChI is InChI=1S/C21H18N2O5S/c1-3-27-19(25)16-17-13-6-4-5-7-14(13)28-21(16,2)22-20-23(17)18(24)15(29-20)10-12-8-9-26-11-12/h4-11,16-17H,3H2,1-2H3/t16?,17?,21-/m0/s1. The quantitative estimate of drug-likeness (QED) is 0.616. The van der Waals surface area contributed by atoms with Gasteiger partial charge in [0.1, 0.15) is 11.7 Å². The molecule has 7 nitrogen and oxygen atoms in total. The molecule has 3 atom stereocenters. The highest BCUT2D eigenvalue weighted by atomic mass is 32.1. The fourth-order valence-electron chi connectivity index (χ4n) is 4.04. The molecule has 0 fully saturated rings. The van der Waals surface area contributed by atoms with E-state index in [0.717, 1.165) is 11.1 Å². The minimum Gasteiger partial charge on any atom is -0.472 e. The first-order valence-corrected chi connectivity index (χ1v) is 10.1. The second-order valence-electron chi connectivity index (χ2n) is 7.11. The Labute approximate surface area is 169 Å². The van der Waals surface area contributed by atoms with Gasteiger partial charge in [-0.15, -0.1) is 0 Å². The highest BCUT2D eigenvalue weighted by Gasteiger charge is 2.55. The third kappa shape index (κ3) is 2.66. The Bertz CT molecular complexity index is 1270. The summed E-state index contributed by atoms with van der Waals surface area (Å²) >= 11 is 1.27. The first-order valence-electron chi connectivity index (χ1n) is 9.31. The number of esters is 1. The molecule has 4 heterocycles. The first-order chi connectivity index (χ1) is 14.0. The first kappa shape index (κ1) is 17.9. The molecule has 0 saturated carbocycles. The molecule has 0 saturated heterocycles. The van der Waals surface area contributed by atoms with Crippen molar-refractivity contribution in [2.24, 2.45) is 10.9 Å². The van der Waals surface area contributed by atoms with E-state index in [1.54, 1.807) is 43.1 Å². The lowest BCUT2D eigenvalue weighted by Crippen LogP contribution is -2.58. The smallest absolute Gasteiger partial charge is 0.317 e. The van der Waals surface area contributed by atoms with Gasteiger partial charge in [0.25, 0.3) is 5.56 Å². The van der Waals surface area contributed by atoms with Crippen molar-refractivity contribution >= 4 is 23.4 Å². The molecule has 29 heavy (non-hydrogen) atoms. The SMILES string of the molecule is CCOC(=O)C1C2c3ccccc3O[C@]1(C)N=c1sc(=Cc3ccoc3)c(=O)n12. The predicted molar refractivity (Wildman–Crippen MR) is 105 cm³/mol. The number of hydrogen-bond donors (Lipinski definition) is 0. The molecule has 0 spiro atoms. The van der Waals surface area contributed by atoms with Gasteiger partial charge in [-0.25, -0.2) is 4.99 Å². The molecule has 0 amide bonds. The van der Waals surface area contributed by atoms with Crippen LogP contribution in [0, 0.1) is 5.92 Å². The Hall–Kier alpha value is -3.13. The summed E-state index contributed by atoms with van der Waals surface area (Å²) in [7, 11) is 0. The predicted octanol–water partition coefficient (Wildman–Crippen LogP) is 1.84. The van der Waals surface area contributed by atoms with Crippen molar-refractivity contribution in [3.05, 3.63) is 73.7 Å². The number of para-hydroxylation sites is 1. The van der Waals surface area contributed by atoms with Crippen LogP contribution < -0.4 is 19.6 Å². The van der Waals surface area contributed by atoms with E-state index in [2.05, 4.69) is 0 Å². The van der Waals surface area contributed by atoms with Gasteiger partial charge >= 0.3 is 5.97 Å². The van der Waals surface area contributed by atoms with E-state index in [4.69, 9.17) is 18.9 Å². The third-order valence-electron chi connectivity index (χ3n) is 5.26. The van der Waals surface area contributed by atoms with E-state index in [1.807, 2.05) is 24.3 Å². The Morgan fingerprint density at radius 2 is 2.21 bits per heavy atom. The molecule has 2 unspecified atom stereocenters. The zero-order valence-corrected chi connectivity index (χ0v) is 16.6. The monoisotopic (exact) mass is 410 g/mol. The molecule has 148 valence electrons. The van der Waals surface area contributed by atoms with Crippen LogP contribution in [-0.4, -0.2) is 22.9 Å². The average molecular weight is 410 g/mol. The Morgan fingerprint density at radius 3 is 2.97 bits per heavy atom. The molecular formula is C21H18N2O5S. The fraction of sp³-hybridized carbons (Fsp3) is 0.286. The Balaban J connectivity index is 1.80. The van der Waals surface area contributed by atoms with Crippen LogP contribution in [0.4, 0.5) is 0 Å². The van der Waals surface area contributed by atoms with Crippen molar-refractivity contribution in [3.63, 3.8) is 0 Å². The minimum atomic E-state index is -1.16. The second-order valence-corrected chi connectivity index (χ2v) is 8.12. The molecule has 0 aliphatic carbocycles. The van der Waals surface area contributed by atoms with Gasteiger partial charge in [0.15, 0.2) is 4.80 Å². The topological polar surface area (TPSA) is 83.0 Å². The summed E-state index contributed by atoms with van der Waals surface area (Å²) in [4.78, 5) is 31.5. The number of hydrogen-bond acceptors (Lipinski definition) is 7. The van der Waals surface area contributed by atoms with Crippen molar-refractivity contribution in [1.82, 2.24) is 4.57 Å². The molecule has 8 heteroatoms. The normalized spacial score (nSPS) is 24.8. The zero-order chi connectivity index (χ0) is 20.2. The van der Waals surface area contributed by atoms with Crippen LogP contribution >= 0.6 is 11.3 Å². The number of carbonyl (C=O) groups is 1.